The van der Waals surface area contributed by atoms with Gasteiger partial charge in [0.15, 0.2) is 0 Å². The molecule has 0 atom stereocenters. The molecular formula is C23H28N6O3S. The number of amides is 1. The minimum atomic E-state index is -3.46. The lowest BCUT2D eigenvalue weighted by Gasteiger charge is -2.20. The Kier molecular flexibility index (Phi) is 7.14. The molecule has 1 amide bonds. The molecule has 9 nitrogen and oxygen atoms in total. The number of sulfonamides is 1. The van der Waals surface area contributed by atoms with Crippen molar-refractivity contribution in [3.63, 3.8) is 0 Å². The number of aryl methyl sites for hydroxylation is 2. The van der Waals surface area contributed by atoms with Crippen molar-refractivity contribution in [1.29, 1.82) is 0 Å². The SMILES string of the molecule is Cc1cc(NC(=O)CCc2ccc(S(=O)(=O)N3CCCCCC3)cc2)ccc1-n1cnnn1. The van der Waals surface area contributed by atoms with Gasteiger partial charge in [0.1, 0.15) is 6.33 Å². The van der Waals surface area contributed by atoms with E-state index in [1.165, 1.54) is 6.33 Å². The maximum atomic E-state index is 12.9. The van der Waals surface area contributed by atoms with Crippen molar-refractivity contribution in [3.05, 3.63) is 59.9 Å². The molecule has 1 aliphatic rings. The predicted molar refractivity (Wildman–Crippen MR) is 125 cm³/mol. The standard InChI is InChI=1S/C23H28N6O3S/c1-18-16-20(9-12-22(18)29-17-24-26-27-29)25-23(30)13-8-19-6-10-21(11-7-19)33(31,32)28-14-4-2-3-5-15-28/h6-7,9-12,16-17H,2-5,8,13-15H2,1H3,(H,25,30). The molecule has 4 rings (SSSR count). The summed E-state index contributed by atoms with van der Waals surface area (Å²) >= 11 is 0. The van der Waals surface area contributed by atoms with Gasteiger partial charge < -0.3 is 5.32 Å². The van der Waals surface area contributed by atoms with Crippen LogP contribution < -0.4 is 5.32 Å². The normalized spacial score (nSPS) is 15.2. The van der Waals surface area contributed by atoms with Crippen LogP contribution in [-0.2, 0) is 21.2 Å². The van der Waals surface area contributed by atoms with E-state index in [9.17, 15) is 13.2 Å². The number of rotatable bonds is 7. The number of nitrogens with zero attached hydrogens (tertiary/aromatic N) is 5. The van der Waals surface area contributed by atoms with Gasteiger partial charge in [-0.2, -0.15) is 4.31 Å². The monoisotopic (exact) mass is 468 g/mol. The van der Waals surface area contributed by atoms with E-state index < -0.39 is 10.0 Å². The third-order valence-electron chi connectivity index (χ3n) is 5.84. The van der Waals surface area contributed by atoms with Gasteiger partial charge in [-0.1, -0.05) is 25.0 Å². The Morgan fingerprint density at radius 1 is 1.03 bits per heavy atom. The van der Waals surface area contributed by atoms with Crippen LogP contribution in [0.4, 0.5) is 5.69 Å². The Morgan fingerprint density at radius 3 is 2.39 bits per heavy atom. The topological polar surface area (TPSA) is 110 Å². The summed E-state index contributed by atoms with van der Waals surface area (Å²) in [6, 6.07) is 12.4. The number of benzene rings is 2. The van der Waals surface area contributed by atoms with Crippen molar-refractivity contribution in [2.24, 2.45) is 0 Å². The average molecular weight is 469 g/mol. The highest BCUT2D eigenvalue weighted by Gasteiger charge is 2.24. The molecule has 0 bridgehead atoms. The van der Waals surface area contributed by atoms with Crippen molar-refractivity contribution in [2.75, 3.05) is 18.4 Å². The van der Waals surface area contributed by atoms with Crippen molar-refractivity contribution in [2.45, 2.75) is 50.3 Å². The zero-order valence-electron chi connectivity index (χ0n) is 18.6. The first-order chi connectivity index (χ1) is 15.9. The molecule has 174 valence electrons. The molecule has 1 N–H and O–H groups in total. The third kappa shape index (κ3) is 5.63. The third-order valence-corrected chi connectivity index (χ3v) is 7.76. The molecule has 1 aliphatic heterocycles. The molecule has 10 heteroatoms. The van der Waals surface area contributed by atoms with Crippen LogP contribution in [0.15, 0.2) is 53.7 Å². The highest BCUT2D eigenvalue weighted by molar-refractivity contribution is 7.89. The van der Waals surface area contributed by atoms with Gasteiger partial charge in [0.25, 0.3) is 0 Å². The summed E-state index contributed by atoms with van der Waals surface area (Å²) < 4.78 is 29.0. The summed E-state index contributed by atoms with van der Waals surface area (Å²) in [5.41, 5.74) is 3.40. The number of anilines is 1. The first kappa shape index (κ1) is 23.1. The number of tetrazole rings is 1. The molecule has 1 aromatic heterocycles. The largest absolute Gasteiger partial charge is 0.326 e. The van der Waals surface area contributed by atoms with Gasteiger partial charge in [0, 0.05) is 25.2 Å². The highest BCUT2D eigenvalue weighted by atomic mass is 32.2. The molecule has 3 aromatic rings. The quantitative estimate of drug-likeness (QED) is 0.571. The van der Waals surface area contributed by atoms with Crippen LogP contribution in [0.25, 0.3) is 5.69 Å². The minimum absolute atomic E-state index is 0.106. The van der Waals surface area contributed by atoms with E-state index in [1.807, 2.05) is 25.1 Å². The maximum Gasteiger partial charge on any atom is 0.243 e. The van der Waals surface area contributed by atoms with Crippen LogP contribution in [0.5, 0.6) is 0 Å². The molecular weight excluding hydrogens is 440 g/mol. The van der Waals surface area contributed by atoms with Crippen molar-refractivity contribution in [3.8, 4) is 5.69 Å². The van der Waals surface area contributed by atoms with Crippen molar-refractivity contribution >= 4 is 21.6 Å². The lowest BCUT2D eigenvalue weighted by atomic mass is 10.1. The number of carbonyl (C=O) groups is 1. The Balaban J connectivity index is 1.33. The van der Waals surface area contributed by atoms with E-state index >= 15 is 0 Å². The van der Waals surface area contributed by atoms with Crippen LogP contribution in [-0.4, -0.2) is 51.9 Å². The van der Waals surface area contributed by atoms with Crippen LogP contribution >= 0.6 is 0 Å². The number of hydrogen-bond acceptors (Lipinski definition) is 6. The fourth-order valence-electron chi connectivity index (χ4n) is 4.00. The number of aromatic nitrogens is 4. The average Bonchev–Trinajstić information content (AvgIpc) is 3.18. The lowest BCUT2D eigenvalue weighted by Crippen LogP contribution is -2.31. The molecule has 0 unspecified atom stereocenters. The summed E-state index contributed by atoms with van der Waals surface area (Å²) in [6.07, 6.45) is 6.32. The molecule has 0 aliphatic carbocycles. The van der Waals surface area contributed by atoms with E-state index in [-0.39, 0.29) is 5.91 Å². The van der Waals surface area contributed by atoms with Crippen molar-refractivity contribution in [1.82, 2.24) is 24.5 Å². The molecule has 2 heterocycles. The van der Waals surface area contributed by atoms with Gasteiger partial charge in [0.2, 0.25) is 15.9 Å². The van der Waals surface area contributed by atoms with E-state index in [2.05, 4.69) is 20.8 Å². The first-order valence-electron chi connectivity index (χ1n) is 11.2. The number of nitrogens with one attached hydrogen (secondary N) is 1. The van der Waals surface area contributed by atoms with E-state index in [0.29, 0.717) is 36.5 Å². The molecule has 0 saturated carbocycles. The Hall–Kier alpha value is -3.11. The molecule has 0 spiro atoms. The number of carbonyl (C=O) groups excluding carboxylic acids is 1. The van der Waals surface area contributed by atoms with Gasteiger partial charge in [-0.3, -0.25) is 4.79 Å². The van der Waals surface area contributed by atoms with Crippen LogP contribution in [0.1, 0.15) is 43.2 Å². The zero-order valence-corrected chi connectivity index (χ0v) is 19.5. The first-order valence-corrected chi connectivity index (χ1v) is 12.6. The fourth-order valence-corrected chi connectivity index (χ4v) is 5.52. The summed E-state index contributed by atoms with van der Waals surface area (Å²) in [4.78, 5) is 12.7. The van der Waals surface area contributed by atoms with Gasteiger partial charge >= 0.3 is 0 Å². The van der Waals surface area contributed by atoms with Crippen LogP contribution in [0.3, 0.4) is 0 Å². The number of hydrogen-bond donors (Lipinski definition) is 1. The van der Waals surface area contributed by atoms with E-state index in [4.69, 9.17) is 0 Å². The minimum Gasteiger partial charge on any atom is -0.326 e. The molecule has 33 heavy (non-hydrogen) atoms. The van der Waals surface area contributed by atoms with Crippen molar-refractivity contribution < 1.29 is 13.2 Å². The van der Waals surface area contributed by atoms with E-state index in [0.717, 1.165) is 42.5 Å². The second-order valence-corrected chi connectivity index (χ2v) is 10.2. The maximum absolute atomic E-state index is 12.9. The highest BCUT2D eigenvalue weighted by Crippen LogP contribution is 2.21. The Labute approximate surface area is 193 Å². The Bertz CT molecular complexity index is 1190. The Morgan fingerprint density at radius 2 is 1.76 bits per heavy atom. The van der Waals surface area contributed by atoms with E-state index in [1.54, 1.807) is 33.3 Å². The summed E-state index contributed by atoms with van der Waals surface area (Å²) in [6.45, 7) is 3.09. The van der Waals surface area contributed by atoms with Gasteiger partial charge in [-0.05, 0) is 78.1 Å². The van der Waals surface area contributed by atoms with Crippen LogP contribution in [0.2, 0.25) is 0 Å². The molecule has 1 fully saturated rings. The summed E-state index contributed by atoms with van der Waals surface area (Å²) in [5.74, 6) is -0.106. The van der Waals surface area contributed by atoms with Crippen LogP contribution in [0, 0.1) is 6.92 Å². The molecule has 0 radical (unpaired) electrons. The second kappa shape index (κ2) is 10.2. The second-order valence-electron chi connectivity index (χ2n) is 8.27. The smallest absolute Gasteiger partial charge is 0.243 e. The van der Waals surface area contributed by atoms with Gasteiger partial charge in [0.05, 0.1) is 10.6 Å². The zero-order chi connectivity index (χ0) is 23.3. The predicted octanol–water partition coefficient (Wildman–Crippen LogP) is 3.11. The summed E-state index contributed by atoms with van der Waals surface area (Å²) in [7, 11) is -3.46. The fraction of sp³-hybridized carbons (Fsp3) is 0.391. The lowest BCUT2D eigenvalue weighted by molar-refractivity contribution is -0.116. The van der Waals surface area contributed by atoms with Gasteiger partial charge in [-0.15, -0.1) is 5.10 Å². The molecule has 2 aromatic carbocycles. The molecule has 1 saturated heterocycles. The summed E-state index contributed by atoms with van der Waals surface area (Å²) in [5, 5.41) is 14.1. The van der Waals surface area contributed by atoms with Gasteiger partial charge in [-0.25, -0.2) is 13.1 Å².